The molecule has 1 fully saturated rings. The van der Waals surface area contributed by atoms with Crippen LogP contribution in [-0.4, -0.2) is 50.1 Å². The summed E-state index contributed by atoms with van der Waals surface area (Å²) in [5.74, 6) is 0.868. The highest BCUT2D eigenvalue weighted by atomic mass is 32.2. The largest absolute Gasteiger partial charge is 0.506 e. The molecule has 1 heterocycles. The topological polar surface area (TPSA) is 70.1 Å². The van der Waals surface area contributed by atoms with E-state index in [1.807, 2.05) is 30.9 Å². The van der Waals surface area contributed by atoms with E-state index in [0.29, 0.717) is 31.9 Å². The molecule has 0 amide bonds. The molecule has 0 aromatic heterocycles. The lowest BCUT2D eigenvalue weighted by Crippen LogP contribution is -2.48. The molecule has 0 atom stereocenters. The Kier molecular flexibility index (Phi) is 5.38. The van der Waals surface area contributed by atoms with Gasteiger partial charge in [0.15, 0.2) is 0 Å². The van der Waals surface area contributed by atoms with Gasteiger partial charge in [-0.3, -0.25) is 0 Å². The summed E-state index contributed by atoms with van der Waals surface area (Å²) in [6, 6.07) is 13.7. The molecular weight excluding hydrogens is 352 g/mol. The number of benzene rings is 2. The first-order chi connectivity index (χ1) is 12.4. The minimum absolute atomic E-state index is 0.0416. The molecule has 7 heteroatoms. The van der Waals surface area contributed by atoms with Gasteiger partial charge in [0.05, 0.1) is 16.7 Å². The van der Waals surface area contributed by atoms with Crippen molar-refractivity contribution in [3.05, 3.63) is 48.5 Å². The number of para-hydroxylation sites is 2. The Bertz CT molecular complexity index is 842. The van der Waals surface area contributed by atoms with Crippen molar-refractivity contribution in [1.29, 1.82) is 0 Å². The third kappa shape index (κ3) is 3.94. The molecule has 0 bridgehead atoms. The van der Waals surface area contributed by atoms with Crippen LogP contribution in [0.2, 0.25) is 0 Å². The Morgan fingerprint density at radius 2 is 1.58 bits per heavy atom. The summed E-state index contributed by atoms with van der Waals surface area (Å²) in [5, 5.41) is 9.97. The second-order valence-electron chi connectivity index (χ2n) is 6.52. The number of nitrogens with zero attached hydrogens (tertiary/aromatic N) is 2. The van der Waals surface area contributed by atoms with Gasteiger partial charge in [0.1, 0.15) is 11.5 Å². The third-order valence-electron chi connectivity index (χ3n) is 4.29. The zero-order chi connectivity index (χ0) is 18.7. The number of ether oxygens (including phenoxy) is 1. The average Bonchev–Trinajstić information content (AvgIpc) is 2.62. The first kappa shape index (κ1) is 18.5. The summed E-state index contributed by atoms with van der Waals surface area (Å²) in [6.07, 6.45) is 0.0416. The molecule has 0 unspecified atom stereocenters. The van der Waals surface area contributed by atoms with Crippen LogP contribution in [0.3, 0.4) is 0 Å². The van der Waals surface area contributed by atoms with E-state index in [1.165, 1.54) is 4.31 Å². The van der Waals surface area contributed by atoms with E-state index in [4.69, 9.17) is 4.74 Å². The van der Waals surface area contributed by atoms with E-state index in [9.17, 15) is 13.5 Å². The van der Waals surface area contributed by atoms with Crippen molar-refractivity contribution in [3.63, 3.8) is 0 Å². The van der Waals surface area contributed by atoms with Crippen molar-refractivity contribution < 1.29 is 18.3 Å². The van der Waals surface area contributed by atoms with Gasteiger partial charge in [0.2, 0.25) is 10.0 Å². The van der Waals surface area contributed by atoms with E-state index < -0.39 is 10.0 Å². The number of phenols is 1. The van der Waals surface area contributed by atoms with E-state index in [2.05, 4.69) is 0 Å². The molecule has 0 saturated carbocycles. The van der Waals surface area contributed by atoms with E-state index >= 15 is 0 Å². The third-order valence-corrected chi connectivity index (χ3v) is 6.21. The zero-order valence-corrected chi connectivity index (χ0v) is 15.8. The lowest BCUT2D eigenvalue weighted by atomic mass is 10.2. The number of anilines is 1. The Morgan fingerprint density at radius 3 is 2.15 bits per heavy atom. The van der Waals surface area contributed by atoms with Gasteiger partial charge >= 0.3 is 0 Å². The van der Waals surface area contributed by atoms with E-state index in [1.54, 1.807) is 36.4 Å². The number of hydrogen-bond donors (Lipinski definition) is 1. The summed E-state index contributed by atoms with van der Waals surface area (Å²) in [5.41, 5.74) is 0.736. The van der Waals surface area contributed by atoms with Crippen LogP contribution in [0.5, 0.6) is 11.5 Å². The molecule has 0 radical (unpaired) electrons. The van der Waals surface area contributed by atoms with Crippen LogP contribution in [0, 0.1) is 0 Å². The molecule has 0 aliphatic carbocycles. The predicted octanol–water partition coefficient (Wildman–Crippen LogP) is 2.69. The molecule has 6 nitrogen and oxygen atoms in total. The van der Waals surface area contributed by atoms with Crippen LogP contribution >= 0.6 is 0 Å². The molecule has 2 aromatic rings. The molecule has 3 rings (SSSR count). The maximum absolute atomic E-state index is 12.8. The van der Waals surface area contributed by atoms with Gasteiger partial charge in [-0.25, -0.2) is 8.42 Å². The van der Waals surface area contributed by atoms with Gasteiger partial charge in [0, 0.05) is 26.2 Å². The molecule has 140 valence electrons. The van der Waals surface area contributed by atoms with Gasteiger partial charge in [0.25, 0.3) is 0 Å². The van der Waals surface area contributed by atoms with Crippen LogP contribution in [-0.2, 0) is 10.0 Å². The summed E-state index contributed by atoms with van der Waals surface area (Å²) in [7, 11) is -3.53. The maximum Gasteiger partial charge on any atom is 0.243 e. The fourth-order valence-electron chi connectivity index (χ4n) is 3.01. The normalized spacial score (nSPS) is 16.0. The number of piperazine rings is 1. The first-order valence-electron chi connectivity index (χ1n) is 8.68. The fourth-order valence-corrected chi connectivity index (χ4v) is 4.43. The van der Waals surface area contributed by atoms with Crippen LogP contribution in [0.25, 0.3) is 0 Å². The molecule has 1 saturated heterocycles. The van der Waals surface area contributed by atoms with Gasteiger partial charge in [-0.15, -0.1) is 0 Å². The van der Waals surface area contributed by atoms with Crippen molar-refractivity contribution >= 4 is 15.7 Å². The lowest BCUT2D eigenvalue weighted by Gasteiger charge is -2.35. The van der Waals surface area contributed by atoms with Crippen molar-refractivity contribution in [1.82, 2.24) is 4.31 Å². The minimum Gasteiger partial charge on any atom is -0.506 e. The Labute approximate surface area is 154 Å². The summed E-state index contributed by atoms with van der Waals surface area (Å²) < 4.78 is 32.7. The van der Waals surface area contributed by atoms with E-state index in [0.717, 1.165) is 5.69 Å². The number of aromatic hydroxyl groups is 1. The van der Waals surface area contributed by atoms with Crippen LogP contribution in [0.15, 0.2) is 53.4 Å². The second-order valence-corrected chi connectivity index (χ2v) is 8.46. The molecule has 0 spiro atoms. The van der Waals surface area contributed by atoms with Crippen molar-refractivity contribution in [3.8, 4) is 11.5 Å². The zero-order valence-electron chi connectivity index (χ0n) is 15.0. The summed E-state index contributed by atoms with van der Waals surface area (Å²) >= 11 is 0. The molecule has 2 aromatic carbocycles. The standard InChI is InChI=1S/C19H24N2O4S/c1-15(2)25-16-7-9-17(10-8-16)26(23,24)21-13-11-20(12-14-21)18-5-3-4-6-19(18)22/h3-10,15,22H,11-14H2,1-2H3. The fraction of sp³-hybridized carbons (Fsp3) is 0.368. The first-order valence-corrected chi connectivity index (χ1v) is 10.1. The average molecular weight is 376 g/mol. The number of sulfonamides is 1. The Hall–Kier alpha value is -2.25. The van der Waals surface area contributed by atoms with Crippen LogP contribution in [0.4, 0.5) is 5.69 Å². The highest BCUT2D eigenvalue weighted by molar-refractivity contribution is 7.89. The molecular formula is C19H24N2O4S. The van der Waals surface area contributed by atoms with Crippen LogP contribution < -0.4 is 9.64 Å². The highest BCUT2D eigenvalue weighted by Gasteiger charge is 2.29. The molecule has 1 aliphatic rings. The number of rotatable bonds is 5. The van der Waals surface area contributed by atoms with Gasteiger partial charge < -0.3 is 14.7 Å². The highest BCUT2D eigenvalue weighted by Crippen LogP contribution is 2.28. The summed E-state index contributed by atoms with van der Waals surface area (Å²) in [6.45, 7) is 5.67. The Morgan fingerprint density at radius 1 is 0.962 bits per heavy atom. The van der Waals surface area contributed by atoms with Gasteiger partial charge in [-0.2, -0.15) is 4.31 Å². The monoisotopic (exact) mass is 376 g/mol. The minimum atomic E-state index is -3.53. The second kappa shape index (κ2) is 7.55. The number of hydrogen-bond acceptors (Lipinski definition) is 5. The molecule has 26 heavy (non-hydrogen) atoms. The maximum atomic E-state index is 12.8. The summed E-state index contributed by atoms with van der Waals surface area (Å²) in [4.78, 5) is 2.27. The van der Waals surface area contributed by atoms with Gasteiger partial charge in [-0.1, -0.05) is 12.1 Å². The van der Waals surface area contributed by atoms with Crippen molar-refractivity contribution in [2.75, 3.05) is 31.1 Å². The SMILES string of the molecule is CC(C)Oc1ccc(S(=O)(=O)N2CCN(c3ccccc3O)CC2)cc1. The molecule has 1 aliphatic heterocycles. The molecule has 1 N–H and O–H groups in total. The lowest BCUT2D eigenvalue weighted by molar-refractivity contribution is 0.242. The van der Waals surface area contributed by atoms with Crippen molar-refractivity contribution in [2.45, 2.75) is 24.8 Å². The van der Waals surface area contributed by atoms with E-state index in [-0.39, 0.29) is 16.7 Å². The quantitative estimate of drug-likeness (QED) is 0.869. The van der Waals surface area contributed by atoms with Crippen molar-refractivity contribution in [2.24, 2.45) is 0 Å². The smallest absolute Gasteiger partial charge is 0.243 e. The van der Waals surface area contributed by atoms with Gasteiger partial charge in [-0.05, 0) is 50.2 Å². The Balaban J connectivity index is 1.69. The number of phenolic OH excluding ortho intramolecular Hbond substituents is 1. The predicted molar refractivity (Wildman–Crippen MR) is 101 cm³/mol. The van der Waals surface area contributed by atoms with Crippen LogP contribution in [0.1, 0.15) is 13.8 Å².